The minimum Gasteiger partial charge on any atom is -0.399 e. The number of nitrogens with two attached hydrogens (primary N) is 1. The van der Waals surface area contributed by atoms with Gasteiger partial charge in [0.25, 0.3) is 0 Å². The molecule has 0 heterocycles. The quantitative estimate of drug-likeness (QED) is 0.899. The van der Waals surface area contributed by atoms with Gasteiger partial charge < -0.3 is 10.5 Å². The molecule has 0 saturated carbocycles. The van der Waals surface area contributed by atoms with Gasteiger partial charge in [0.2, 0.25) is 0 Å². The second kappa shape index (κ2) is 5.34. The van der Waals surface area contributed by atoms with Gasteiger partial charge in [-0.25, -0.2) is 4.39 Å². The lowest BCUT2D eigenvalue weighted by Crippen LogP contribution is -2.17. The van der Waals surface area contributed by atoms with Crippen molar-refractivity contribution in [3.05, 3.63) is 58.5 Å². The standard InChI is InChI=1S/C13H13ClFNO/c14-11-7-10(16)5-6-13(11)17-8-9-3-1-2-4-12(9)15/h1-5,7,13H,6,8,16H2. The Kier molecular flexibility index (Phi) is 3.82. The lowest BCUT2D eigenvalue weighted by Gasteiger charge is -2.19. The molecule has 0 saturated heterocycles. The van der Waals surface area contributed by atoms with Crippen LogP contribution in [0, 0.1) is 5.82 Å². The van der Waals surface area contributed by atoms with Gasteiger partial charge in [-0.1, -0.05) is 35.9 Å². The van der Waals surface area contributed by atoms with Crippen LogP contribution >= 0.6 is 11.6 Å². The van der Waals surface area contributed by atoms with Crippen molar-refractivity contribution >= 4 is 11.6 Å². The number of hydrogen-bond donors (Lipinski definition) is 1. The van der Waals surface area contributed by atoms with Crippen molar-refractivity contribution in [2.24, 2.45) is 5.73 Å². The van der Waals surface area contributed by atoms with Gasteiger partial charge in [-0.15, -0.1) is 0 Å². The minimum atomic E-state index is -0.265. The van der Waals surface area contributed by atoms with Crippen molar-refractivity contribution in [1.29, 1.82) is 0 Å². The summed E-state index contributed by atoms with van der Waals surface area (Å²) in [6.07, 6.45) is 3.90. The fraction of sp³-hybridized carbons (Fsp3) is 0.231. The highest BCUT2D eigenvalue weighted by Crippen LogP contribution is 2.23. The summed E-state index contributed by atoms with van der Waals surface area (Å²) in [4.78, 5) is 0. The van der Waals surface area contributed by atoms with E-state index in [-0.39, 0.29) is 18.5 Å². The van der Waals surface area contributed by atoms with Gasteiger partial charge in [-0.05, 0) is 18.6 Å². The molecule has 0 aliphatic heterocycles. The summed E-state index contributed by atoms with van der Waals surface area (Å²) >= 11 is 6.01. The molecule has 1 aromatic rings. The van der Waals surface area contributed by atoms with Gasteiger partial charge in [0.15, 0.2) is 0 Å². The van der Waals surface area contributed by atoms with E-state index in [4.69, 9.17) is 22.1 Å². The lowest BCUT2D eigenvalue weighted by atomic mass is 10.1. The van der Waals surface area contributed by atoms with E-state index in [9.17, 15) is 4.39 Å². The van der Waals surface area contributed by atoms with Gasteiger partial charge in [-0.3, -0.25) is 0 Å². The third-order valence-electron chi connectivity index (χ3n) is 2.58. The molecule has 0 bridgehead atoms. The smallest absolute Gasteiger partial charge is 0.128 e. The molecular weight excluding hydrogens is 241 g/mol. The molecule has 1 atom stereocenters. The molecule has 0 radical (unpaired) electrons. The highest BCUT2D eigenvalue weighted by atomic mass is 35.5. The molecule has 0 spiro atoms. The summed E-state index contributed by atoms with van der Waals surface area (Å²) in [5, 5.41) is 0.557. The number of benzene rings is 1. The van der Waals surface area contributed by atoms with Crippen molar-refractivity contribution in [2.75, 3.05) is 0 Å². The Morgan fingerprint density at radius 3 is 2.88 bits per heavy atom. The molecule has 0 amide bonds. The molecule has 1 aromatic carbocycles. The van der Waals surface area contributed by atoms with Crippen LogP contribution in [0.1, 0.15) is 12.0 Å². The van der Waals surface area contributed by atoms with Crippen molar-refractivity contribution in [2.45, 2.75) is 19.1 Å². The van der Waals surface area contributed by atoms with Crippen LogP contribution in [-0.4, -0.2) is 6.10 Å². The number of allylic oxidation sites excluding steroid dienone is 1. The Morgan fingerprint density at radius 2 is 2.18 bits per heavy atom. The number of halogens is 2. The number of hydrogen-bond acceptors (Lipinski definition) is 2. The number of rotatable bonds is 3. The SMILES string of the molecule is NC1=CCC(OCc2ccccc2F)C(Cl)=C1. The molecular formula is C13H13ClFNO. The largest absolute Gasteiger partial charge is 0.399 e. The van der Waals surface area contributed by atoms with Gasteiger partial charge >= 0.3 is 0 Å². The van der Waals surface area contributed by atoms with E-state index >= 15 is 0 Å². The summed E-state index contributed by atoms with van der Waals surface area (Å²) in [7, 11) is 0. The zero-order valence-corrected chi connectivity index (χ0v) is 9.95. The predicted molar refractivity (Wildman–Crippen MR) is 65.8 cm³/mol. The van der Waals surface area contributed by atoms with E-state index in [1.807, 2.05) is 6.08 Å². The maximum atomic E-state index is 13.3. The molecule has 1 unspecified atom stereocenters. The molecule has 4 heteroatoms. The maximum Gasteiger partial charge on any atom is 0.128 e. The van der Waals surface area contributed by atoms with Crippen molar-refractivity contribution in [3.63, 3.8) is 0 Å². The van der Waals surface area contributed by atoms with Gasteiger partial charge in [0, 0.05) is 16.3 Å². The highest BCUT2D eigenvalue weighted by Gasteiger charge is 2.16. The summed E-state index contributed by atoms with van der Waals surface area (Å²) in [6.45, 7) is 0.204. The Hall–Kier alpha value is -1.32. The maximum absolute atomic E-state index is 13.3. The molecule has 2 rings (SSSR count). The summed E-state index contributed by atoms with van der Waals surface area (Å²) < 4.78 is 18.9. The summed E-state index contributed by atoms with van der Waals surface area (Å²) in [5.74, 6) is -0.265. The van der Waals surface area contributed by atoms with Crippen LogP contribution in [0.25, 0.3) is 0 Å². The Morgan fingerprint density at radius 1 is 1.41 bits per heavy atom. The normalized spacial score (nSPS) is 19.8. The third-order valence-corrected chi connectivity index (χ3v) is 2.93. The van der Waals surface area contributed by atoms with E-state index in [1.54, 1.807) is 24.3 Å². The topological polar surface area (TPSA) is 35.2 Å². The van der Waals surface area contributed by atoms with E-state index in [0.717, 1.165) is 0 Å². The van der Waals surface area contributed by atoms with E-state index in [0.29, 0.717) is 22.7 Å². The molecule has 17 heavy (non-hydrogen) atoms. The zero-order valence-electron chi connectivity index (χ0n) is 9.20. The van der Waals surface area contributed by atoms with Crippen LogP contribution in [0.15, 0.2) is 47.1 Å². The van der Waals surface area contributed by atoms with Crippen LogP contribution in [0.5, 0.6) is 0 Å². The molecule has 0 fully saturated rings. The van der Waals surface area contributed by atoms with Crippen LogP contribution in [0.3, 0.4) is 0 Å². The fourth-order valence-corrected chi connectivity index (χ4v) is 1.90. The van der Waals surface area contributed by atoms with E-state index < -0.39 is 0 Å². The van der Waals surface area contributed by atoms with Gasteiger partial charge in [0.05, 0.1) is 12.7 Å². The third kappa shape index (κ3) is 3.08. The molecule has 90 valence electrons. The van der Waals surface area contributed by atoms with Crippen LogP contribution < -0.4 is 5.73 Å². The number of ether oxygens (including phenoxy) is 1. The van der Waals surface area contributed by atoms with Crippen molar-refractivity contribution < 1.29 is 9.13 Å². The van der Waals surface area contributed by atoms with E-state index in [2.05, 4.69) is 0 Å². The highest BCUT2D eigenvalue weighted by molar-refractivity contribution is 6.30. The predicted octanol–water partition coefficient (Wildman–Crippen LogP) is 3.08. The first-order valence-electron chi connectivity index (χ1n) is 5.34. The van der Waals surface area contributed by atoms with Crippen molar-refractivity contribution in [1.82, 2.24) is 0 Å². The Bertz CT molecular complexity index is 470. The monoisotopic (exact) mass is 253 g/mol. The summed E-state index contributed by atoms with van der Waals surface area (Å²) in [5.41, 5.74) is 6.77. The van der Waals surface area contributed by atoms with Crippen LogP contribution in [0.2, 0.25) is 0 Å². The zero-order chi connectivity index (χ0) is 12.3. The second-order valence-electron chi connectivity index (χ2n) is 3.86. The molecule has 2 nitrogen and oxygen atoms in total. The Labute approximate surface area is 105 Å². The molecule has 1 aliphatic rings. The van der Waals surface area contributed by atoms with Gasteiger partial charge in [0.1, 0.15) is 5.82 Å². The van der Waals surface area contributed by atoms with E-state index in [1.165, 1.54) is 6.07 Å². The first kappa shape index (κ1) is 12.1. The van der Waals surface area contributed by atoms with Gasteiger partial charge in [-0.2, -0.15) is 0 Å². The minimum absolute atomic E-state index is 0.204. The second-order valence-corrected chi connectivity index (χ2v) is 4.30. The molecule has 2 N–H and O–H groups in total. The van der Waals surface area contributed by atoms with Crippen molar-refractivity contribution in [3.8, 4) is 0 Å². The van der Waals surface area contributed by atoms with Crippen LogP contribution in [-0.2, 0) is 11.3 Å². The molecule has 1 aliphatic carbocycles. The van der Waals surface area contributed by atoms with Crippen LogP contribution in [0.4, 0.5) is 4.39 Å². The lowest BCUT2D eigenvalue weighted by molar-refractivity contribution is 0.0682. The molecule has 0 aromatic heterocycles. The average Bonchev–Trinajstić information content (AvgIpc) is 2.30. The first-order chi connectivity index (χ1) is 8.16. The Balaban J connectivity index is 1.96. The average molecular weight is 254 g/mol. The summed E-state index contributed by atoms with van der Waals surface area (Å²) in [6, 6.07) is 6.53. The fourth-order valence-electron chi connectivity index (χ4n) is 1.62. The first-order valence-corrected chi connectivity index (χ1v) is 5.72.